The monoisotopic (exact) mass is 643 g/mol. The van der Waals surface area contributed by atoms with Gasteiger partial charge in [-0.2, -0.15) is 31.8 Å². The van der Waals surface area contributed by atoms with Crippen LogP contribution in [0.4, 0.5) is 34.9 Å². The SMILES string of the molecule is O=C1c2ccc(Nc3nc(Nc4ccc(S(=O)(=O)O)cc4)nc(Nc4ccc(S(=O)(=O)O)cc4)n3)cc2C(=O)N1CCP. The lowest BCUT2D eigenvalue weighted by molar-refractivity contribution is 0.0664. The predicted molar refractivity (Wildman–Crippen MR) is 159 cm³/mol. The molecule has 2 heterocycles. The quantitative estimate of drug-likeness (QED) is 0.0952. The topological polar surface area (TPSA) is 221 Å². The molecule has 5 rings (SSSR count). The minimum absolute atomic E-state index is 0.00245. The number of hydrogen-bond donors (Lipinski definition) is 5. The highest BCUT2D eigenvalue weighted by Gasteiger charge is 2.35. The molecule has 0 bridgehead atoms. The van der Waals surface area contributed by atoms with E-state index in [1.165, 1.54) is 60.7 Å². The standard InChI is InChI=1S/C25H22N7O8PS2/c33-21-19-10-5-16(13-20(19)22(34)32(21)11-12-41)28-25-30-23(26-14-1-6-17(7-2-14)42(35,36)37)29-24(31-25)27-15-3-8-18(9-4-15)43(38,39)40/h1-10,13H,11-12,41H2,(H,35,36,37)(H,38,39,40)(H3,26,27,28,29,30,31). The van der Waals surface area contributed by atoms with Crippen LogP contribution in [0, 0.1) is 0 Å². The van der Waals surface area contributed by atoms with Crippen molar-refractivity contribution in [1.29, 1.82) is 0 Å². The number of nitrogens with one attached hydrogen (secondary N) is 3. The molecular weight excluding hydrogens is 621 g/mol. The van der Waals surface area contributed by atoms with Gasteiger partial charge >= 0.3 is 0 Å². The third-order valence-corrected chi connectivity index (χ3v) is 8.03. The van der Waals surface area contributed by atoms with E-state index in [0.717, 1.165) is 4.90 Å². The summed E-state index contributed by atoms with van der Waals surface area (Å²) >= 11 is 0. The summed E-state index contributed by atoms with van der Waals surface area (Å²) in [6.07, 6.45) is 0.532. The van der Waals surface area contributed by atoms with Crippen molar-refractivity contribution in [3.8, 4) is 0 Å². The van der Waals surface area contributed by atoms with E-state index < -0.39 is 26.1 Å². The second-order valence-electron chi connectivity index (χ2n) is 8.99. The van der Waals surface area contributed by atoms with Crippen molar-refractivity contribution in [2.24, 2.45) is 0 Å². The van der Waals surface area contributed by atoms with Gasteiger partial charge in [0.05, 0.1) is 20.9 Å². The van der Waals surface area contributed by atoms with Gasteiger partial charge in [0.15, 0.2) is 0 Å². The van der Waals surface area contributed by atoms with Crippen molar-refractivity contribution in [1.82, 2.24) is 19.9 Å². The number of imide groups is 1. The first kappa shape index (κ1) is 29.9. The van der Waals surface area contributed by atoms with E-state index in [1.807, 2.05) is 0 Å². The molecule has 222 valence electrons. The Balaban J connectivity index is 1.46. The maximum atomic E-state index is 12.8. The Morgan fingerprint density at radius 3 is 1.44 bits per heavy atom. The molecule has 0 spiro atoms. The fourth-order valence-electron chi connectivity index (χ4n) is 4.05. The number of carbonyl (C=O) groups is 2. The molecule has 1 aromatic heterocycles. The van der Waals surface area contributed by atoms with Crippen LogP contribution in [-0.4, -0.2) is 70.3 Å². The van der Waals surface area contributed by atoms with Crippen LogP contribution in [0.5, 0.6) is 0 Å². The normalized spacial score (nSPS) is 13.1. The Kier molecular flexibility index (Phi) is 8.09. The number of carbonyl (C=O) groups excluding carboxylic acids is 2. The fourth-order valence-corrected chi connectivity index (χ4v) is 5.27. The third-order valence-electron chi connectivity index (χ3n) is 6.03. The lowest BCUT2D eigenvalue weighted by Crippen LogP contribution is -2.31. The van der Waals surface area contributed by atoms with E-state index in [1.54, 1.807) is 6.07 Å². The summed E-state index contributed by atoms with van der Waals surface area (Å²) in [4.78, 5) is 38.9. The van der Waals surface area contributed by atoms with E-state index in [-0.39, 0.29) is 51.2 Å². The number of hydrogen-bond acceptors (Lipinski definition) is 12. The molecule has 4 aromatic rings. The van der Waals surface area contributed by atoms with Crippen LogP contribution in [0.2, 0.25) is 0 Å². The Morgan fingerprint density at radius 2 is 1.02 bits per heavy atom. The summed E-state index contributed by atoms with van der Waals surface area (Å²) < 4.78 is 63.9. The summed E-state index contributed by atoms with van der Waals surface area (Å²) in [5, 5.41) is 8.77. The van der Waals surface area contributed by atoms with Crippen LogP contribution in [0.3, 0.4) is 0 Å². The van der Waals surface area contributed by atoms with Gasteiger partial charge in [-0.3, -0.25) is 23.6 Å². The lowest BCUT2D eigenvalue weighted by Gasteiger charge is -2.12. The number of nitrogens with zero attached hydrogens (tertiary/aromatic N) is 4. The van der Waals surface area contributed by atoms with E-state index >= 15 is 0 Å². The van der Waals surface area contributed by atoms with Crippen molar-refractivity contribution >= 4 is 76.2 Å². The number of rotatable bonds is 10. The largest absolute Gasteiger partial charge is 0.324 e. The zero-order chi connectivity index (χ0) is 30.9. The van der Waals surface area contributed by atoms with Crippen LogP contribution in [0.25, 0.3) is 0 Å². The second-order valence-corrected chi connectivity index (χ2v) is 12.4. The zero-order valence-electron chi connectivity index (χ0n) is 21.8. The molecule has 1 atom stereocenters. The predicted octanol–water partition coefficient (Wildman–Crippen LogP) is 3.07. The maximum Gasteiger partial charge on any atom is 0.294 e. The van der Waals surface area contributed by atoms with Crippen molar-refractivity contribution in [2.75, 3.05) is 28.7 Å². The molecule has 0 saturated heterocycles. The van der Waals surface area contributed by atoms with Gasteiger partial charge in [-0.1, -0.05) is 0 Å². The zero-order valence-corrected chi connectivity index (χ0v) is 24.6. The highest BCUT2D eigenvalue weighted by Crippen LogP contribution is 2.28. The number of fused-ring (bicyclic) bond motifs is 1. The summed E-state index contributed by atoms with van der Waals surface area (Å²) in [5.41, 5.74) is 1.62. The van der Waals surface area contributed by atoms with Crippen molar-refractivity contribution < 1.29 is 35.5 Å². The van der Waals surface area contributed by atoms with E-state index in [0.29, 0.717) is 23.2 Å². The van der Waals surface area contributed by atoms with Gasteiger partial charge in [-0.05, 0) is 72.9 Å². The number of benzene rings is 3. The summed E-state index contributed by atoms with van der Waals surface area (Å²) in [6, 6.07) is 14.8. The Hall–Kier alpha value is -4.54. The minimum atomic E-state index is -4.40. The molecule has 43 heavy (non-hydrogen) atoms. The van der Waals surface area contributed by atoms with Gasteiger partial charge in [0.2, 0.25) is 17.8 Å². The average molecular weight is 644 g/mol. The molecule has 2 amide bonds. The first-order chi connectivity index (χ1) is 20.3. The number of aromatic nitrogens is 3. The van der Waals surface area contributed by atoms with Crippen LogP contribution in [-0.2, 0) is 20.2 Å². The Labute approximate surface area is 247 Å². The second kappa shape index (κ2) is 11.6. The van der Waals surface area contributed by atoms with Gasteiger partial charge in [0, 0.05) is 23.6 Å². The van der Waals surface area contributed by atoms with Crippen LogP contribution < -0.4 is 16.0 Å². The smallest absolute Gasteiger partial charge is 0.294 e. The van der Waals surface area contributed by atoms with Gasteiger partial charge in [-0.15, -0.1) is 9.24 Å². The lowest BCUT2D eigenvalue weighted by atomic mass is 10.1. The highest BCUT2D eigenvalue weighted by atomic mass is 32.2. The fraction of sp³-hybridized carbons (Fsp3) is 0.0800. The summed E-state index contributed by atoms with van der Waals surface area (Å²) in [5.74, 6) is -0.815. The molecule has 5 N–H and O–H groups in total. The number of amides is 2. The van der Waals surface area contributed by atoms with Crippen molar-refractivity contribution in [3.05, 3.63) is 77.9 Å². The van der Waals surface area contributed by atoms with E-state index in [9.17, 15) is 35.5 Å². The van der Waals surface area contributed by atoms with Crippen LogP contribution in [0.15, 0.2) is 76.5 Å². The average Bonchev–Trinajstić information content (AvgIpc) is 3.17. The van der Waals surface area contributed by atoms with Crippen molar-refractivity contribution in [3.63, 3.8) is 0 Å². The van der Waals surface area contributed by atoms with Gasteiger partial charge in [0.25, 0.3) is 32.1 Å². The Morgan fingerprint density at radius 1 is 0.628 bits per heavy atom. The molecule has 15 nitrogen and oxygen atoms in total. The molecule has 0 radical (unpaired) electrons. The number of anilines is 6. The molecule has 1 unspecified atom stereocenters. The third kappa shape index (κ3) is 6.76. The highest BCUT2D eigenvalue weighted by molar-refractivity contribution is 7.86. The summed E-state index contributed by atoms with van der Waals surface area (Å²) in [7, 11) is -6.32. The first-order valence-electron chi connectivity index (χ1n) is 12.2. The summed E-state index contributed by atoms with van der Waals surface area (Å²) in [6.45, 7) is 0.258. The molecule has 1 aliphatic heterocycles. The molecule has 3 aromatic carbocycles. The van der Waals surface area contributed by atoms with Crippen molar-refractivity contribution in [2.45, 2.75) is 9.79 Å². The van der Waals surface area contributed by atoms with Gasteiger partial charge in [0.1, 0.15) is 0 Å². The molecule has 0 fully saturated rings. The Bertz CT molecular complexity index is 1860. The van der Waals surface area contributed by atoms with Gasteiger partial charge < -0.3 is 16.0 Å². The maximum absolute atomic E-state index is 12.8. The first-order valence-corrected chi connectivity index (χ1v) is 15.9. The van der Waals surface area contributed by atoms with Crippen LogP contribution in [0.1, 0.15) is 20.7 Å². The molecule has 18 heteroatoms. The molecule has 1 aliphatic rings. The van der Waals surface area contributed by atoms with Gasteiger partial charge in [-0.25, -0.2) is 0 Å². The molecular formula is C25H22N7O8PS2. The van der Waals surface area contributed by atoms with E-state index in [2.05, 4.69) is 40.1 Å². The van der Waals surface area contributed by atoms with E-state index in [4.69, 9.17) is 0 Å². The minimum Gasteiger partial charge on any atom is -0.324 e. The molecule has 0 saturated carbocycles. The molecule has 0 aliphatic carbocycles. The van der Waals surface area contributed by atoms with Crippen LogP contribution >= 0.6 is 9.24 Å².